The van der Waals surface area contributed by atoms with Crippen molar-refractivity contribution in [3.63, 3.8) is 0 Å². The Bertz CT molecular complexity index is 475. The van der Waals surface area contributed by atoms with Gasteiger partial charge in [-0.15, -0.1) is 0 Å². The predicted octanol–water partition coefficient (Wildman–Crippen LogP) is 3.39. The van der Waals surface area contributed by atoms with E-state index in [1.807, 2.05) is 0 Å². The normalized spacial score (nSPS) is 10.3. The molecule has 0 heterocycles. The van der Waals surface area contributed by atoms with E-state index in [0.717, 1.165) is 25.7 Å². The summed E-state index contributed by atoms with van der Waals surface area (Å²) >= 11 is 5.77. The average Bonchev–Trinajstić information content (AvgIpc) is 2.47. The molecule has 5 nitrogen and oxygen atoms in total. The van der Waals surface area contributed by atoms with Gasteiger partial charge in [0.2, 0.25) is 0 Å². The minimum atomic E-state index is -0.599. The molecule has 0 aromatic heterocycles. The first kappa shape index (κ1) is 18.5. The number of carbonyl (C=O) groups excluding carboxylic acids is 2. The SMILES string of the molecule is CCCCCCOC(=O)COCC(=O)Oc1cccc(Cl)c1. The Hall–Kier alpha value is -1.59. The molecule has 0 saturated carbocycles. The lowest BCUT2D eigenvalue weighted by molar-refractivity contribution is -0.152. The van der Waals surface area contributed by atoms with Gasteiger partial charge in [0.05, 0.1) is 6.61 Å². The fraction of sp³-hybridized carbons (Fsp3) is 0.500. The molecule has 0 aliphatic carbocycles. The summed E-state index contributed by atoms with van der Waals surface area (Å²) in [5.74, 6) is -0.746. The van der Waals surface area contributed by atoms with Crippen LogP contribution in [0.5, 0.6) is 5.75 Å². The van der Waals surface area contributed by atoms with E-state index in [9.17, 15) is 9.59 Å². The first-order chi connectivity index (χ1) is 10.6. The van der Waals surface area contributed by atoms with Gasteiger partial charge in [-0.1, -0.05) is 43.9 Å². The molecule has 0 saturated heterocycles. The molecule has 0 unspecified atom stereocenters. The summed E-state index contributed by atoms with van der Waals surface area (Å²) in [6, 6.07) is 6.46. The molecular formula is C16H21ClO5. The quantitative estimate of drug-likeness (QED) is 0.374. The molecule has 0 spiro atoms. The van der Waals surface area contributed by atoms with Crippen LogP contribution in [-0.2, 0) is 19.1 Å². The molecule has 0 atom stereocenters. The molecule has 1 aromatic rings. The van der Waals surface area contributed by atoms with Crippen molar-refractivity contribution in [2.24, 2.45) is 0 Å². The summed E-state index contributed by atoms with van der Waals surface area (Å²) in [6.45, 7) is 1.91. The zero-order valence-corrected chi connectivity index (χ0v) is 13.4. The third-order valence-corrected chi connectivity index (χ3v) is 2.96. The Balaban J connectivity index is 2.10. The van der Waals surface area contributed by atoms with Crippen molar-refractivity contribution < 1.29 is 23.8 Å². The van der Waals surface area contributed by atoms with Crippen molar-refractivity contribution in [3.05, 3.63) is 29.3 Å². The molecule has 6 heteroatoms. The van der Waals surface area contributed by atoms with Gasteiger partial charge in [-0.25, -0.2) is 9.59 Å². The molecule has 0 radical (unpaired) electrons. The predicted molar refractivity (Wildman–Crippen MR) is 83.0 cm³/mol. The number of hydrogen-bond donors (Lipinski definition) is 0. The molecule has 1 aromatic carbocycles. The van der Waals surface area contributed by atoms with E-state index < -0.39 is 11.9 Å². The second-order valence-electron chi connectivity index (χ2n) is 4.71. The number of rotatable bonds is 10. The highest BCUT2D eigenvalue weighted by molar-refractivity contribution is 6.30. The Morgan fingerprint density at radius 2 is 1.86 bits per heavy atom. The topological polar surface area (TPSA) is 61.8 Å². The summed E-state index contributed by atoms with van der Waals surface area (Å²) in [5, 5.41) is 0.470. The minimum Gasteiger partial charge on any atom is -0.464 e. The van der Waals surface area contributed by atoms with E-state index in [-0.39, 0.29) is 13.2 Å². The van der Waals surface area contributed by atoms with Gasteiger partial charge in [0.15, 0.2) is 0 Å². The van der Waals surface area contributed by atoms with Gasteiger partial charge in [-0.05, 0) is 24.6 Å². The monoisotopic (exact) mass is 328 g/mol. The molecule has 0 aliphatic heterocycles. The molecular weight excluding hydrogens is 308 g/mol. The summed E-state index contributed by atoms with van der Waals surface area (Å²) in [5.41, 5.74) is 0. The summed E-state index contributed by atoms with van der Waals surface area (Å²) in [6.07, 6.45) is 4.14. The summed E-state index contributed by atoms with van der Waals surface area (Å²) < 4.78 is 14.9. The van der Waals surface area contributed by atoms with Gasteiger partial charge in [0.25, 0.3) is 0 Å². The minimum absolute atomic E-state index is 0.265. The highest BCUT2D eigenvalue weighted by Gasteiger charge is 2.08. The van der Waals surface area contributed by atoms with Crippen molar-refractivity contribution in [1.82, 2.24) is 0 Å². The average molecular weight is 329 g/mol. The molecule has 122 valence electrons. The van der Waals surface area contributed by atoms with Crippen molar-refractivity contribution in [2.75, 3.05) is 19.8 Å². The first-order valence-electron chi connectivity index (χ1n) is 7.31. The number of halogens is 1. The number of hydrogen-bond acceptors (Lipinski definition) is 5. The largest absolute Gasteiger partial charge is 0.464 e. The van der Waals surface area contributed by atoms with E-state index in [1.54, 1.807) is 18.2 Å². The Morgan fingerprint density at radius 3 is 2.59 bits per heavy atom. The van der Waals surface area contributed by atoms with Gasteiger partial charge in [0.1, 0.15) is 19.0 Å². The maximum Gasteiger partial charge on any atom is 0.337 e. The standard InChI is InChI=1S/C16H21ClO5/c1-2-3-4-5-9-21-15(18)11-20-12-16(19)22-14-8-6-7-13(17)10-14/h6-8,10H,2-5,9,11-12H2,1H3. The molecule has 1 rings (SSSR count). The zero-order chi connectivity index (χ0) is 16.2. The number of benzene rings is 1. The molecule has 0 amide bonds. The van der Waals surface area contributed by atoms with Gasteiger partial charge in [0, 0.05) is 5.02 Å². The number of esters is 2. The fourth-order valence-electron chi connectivity index (χ4n) is 1.67. The van der Waals surface area contributed by atoms with Gasteiger partial charge < -0.3 is 14.2 Å². The molecule has 0 fully saturated rings. The van der Waals surface area contributed by atoms with Crippen molar-refractivity contribution in [3.8, 4) is 5.75 Å². The number of unbranched alkanes of at least 4 members (excludes halogenated alkanes) is 3. The second-order valence-corrected chi connectivity index (χ2v) is 5.14. The Labute approximate surface area is 135 Å². The highest BCUT2D eigenvalue weighted by Crippen LogP contribution is 2.17. The van der Waals surface area contributed by atoms with Crippen LogP contribution in [0.2, 0.25) is 5.02 Å². The summed E-state index contributed by atoms with van der Waals surface area (Å²) in [7, 11) is 0. The van der Waals surface area contributed by atoms with Gasteiger partial charge >= 0.3 is 11.9 Å². The smallest absolute Gasteiger partial charge is 0.337 e. The van der Waals surface area contributed by atoms with Crippen LogP contribution in [0.1, 0.15) is 32.6 Å². The van der Waals surface area contributed by atoms with Crippen LogP contribution >= 0.6 is 11.6 Å². The van der Waals surface area contributed by atoms with Crippen LogP contribution in [0.25, 0.3) is 0 Å². The lowest BCUT2D eigenvalue weighted by atomic mass is 10.2. The zero-order valence-electron chi connectivity index (χ0n) is 12.7. The molecule has 0 N–H and O–H groups in total. The highest BCUT2D eigenvalue weighted by atomic mass is 35.5. The van der Waals surface area contributed by atoms with Crippen LogP contribution in [0.3, 0.4) is 0 Å². The Morgan fingerprint density at radius 1 is 1.09 bits per heavy atom. The van der Waals surface area contributed by atoms with Crippen LogP contribution < -0.4 is 4.74 Å². The van der Waals surface area contributed by atoms with Crippen molar-refractivity contribution in [1.29, 1.82) is 0 Å². The molecule has 22 heavy (non-hydrogen) atoms. The third kappa shape index (κ3) is 8.64. The second kappa shape index (κ2) is 11.0. The maximum absolute atomic E-state index is 11.5. The van der Waals surface area contributed by atoms with E-state index >= 15 is 0 Å². The molecule has 0 bridgehead atoms. The number of carbonyl (C=O) groups is 2. The van der Waals surface area contributed by atoms with Crippen molar-refractivity contribution >= 4 is 23.5 Å². The first-order valence-corrected chi connectivity index (χ1v) is 7.69. The van der Waals surface area contributed by atoms with Crippen LogP contribution in [0.4, 0.5) is 0 Å². The molecule has 0 aliphatic rings. The van der Waals surface area contributed by atoms with Crippen LogP contribution in [0, 0.1) is 0 Å². The van der Waals surface area contributed by atoms with Gasteiger partial charge in [-0.3, -0.25) is 0 Å². The fourth-order valence-corrected chi connectivity index (χ4v) is 1.85. The van der Waals surface area contributed by atoms with E-state index in [2.05, 4.69) is 6.92 Å². The van der Waals surface area contributed by atoms with E-state index in [1.165, 1.54) is 6.07 Å². The van der Waals surface area contributed by atoms with Crippen LogP contribution in [0.15, 0.2) is 24.3 Å². The van der Waals surface area contributed by atoms with E-state index in [4.69, 9.17) is 25.8 Å². The lowest BCUT2D eigenvalue weighted by Gasteiger charge is -2.06. The van der Waals surface area contributed by atoms with Gasteiger partial charge in [-0.2, -0.15) is 0 Å². The Kier molecular flexibility index (Phi) is 9.26. The third-order valence-electron chi connectivity index (χ3n) is 2.73. The number of ether oxygens (including phenoxy) is 3. The maximum atomic E-state index is 11.5. The lowest BCUT2D eigenvalue weighted by Crippen LogP contribution is -2.20. The van der Waals surface area contributed by atoms with Crippen molar-refractivity contribution in [2.45, 2.75) is 32.6 Å². The van der Waals surface area contributed by atoms with Crippen LogP contribution in [-0.4, -0.2) is 31.8 Å². The van der Waals surface area contributed by atoms with E-state index in [0.29, 0.717) is 17.4 Å². The summed E-state index contributed by atoms with van der Waals surface area (Å²) in [4.78, 5) is 22.8.